The SMILES string of the molecule is CC(=O)c1ccc(OCC(=O)Nc2cccnc2N2CCCC2)cc1. The van der Waals surface area contributed by atoms with Gasteiger partial charge in [-0.1, -0.05) is 0 Å². The Morgan fingerprint density at radius 1 is 1.16 bits per heavy atom. The summed E-state index contributed by atoms with van der Waals surface area (Å²) in [6.07, 6.45) is 4.02. The van der Waals surface area contributed by atoms with E-state index in [2.05, 4.69) is 15.2 Å². The van der Waals surface area contributed by atoms with Crippen molar-refractivity contribution in [2.75, 3.05) is 29.9 Å². The molecule has 0 spiro atoms. The maximum Gasteiger partial charge on any atom is 0.262 e. The van der Waals surface area contributed by atoms with Crippen LogP contribution in [-0.2, 0) is 4.79 Å². The number of carbonyl (C=O) groups excluding carboxylic acids is 2. The second kappa shape index (κ2) is 7.79. The van der Waals surface area contributed by atoms with Crippen molar-refractivity contribution in [1.82, 2.24) is 4.98 Å². The number of nitrogens with one attached hydrogen (secondary N) is 1. The Bertz CT molecular complexity index is 753. The lowest BCUT2D eigenvalue weighted by molar-refractivity contribution is -0.118. The molecular formula is C19H21N3O3. The molecule has 1 aliphatic heterocycles. The highest BCUT2D eigenvalue weighted by molar-refractivity contribution is 5.95. The summed E-state index contributed by atoms with van der Waals surface area (Å²) in [5.74, 6) is 1.10. The van der Waals surface area contributed by atoms with E-state index in [0.29, 0.717) is 17.0 Å². The van der Waals surface area contributed by atoms with Crippen molar-refractivity contribution in [2.24, 2.45) is 0 Å². The highest BCUT2D eigenvalue weighted by Gasteiger charge is 2.18. The van der Waals surface area contributed by atoms with E-state index >= 15 is 0 Å². The van der Waals surface area contributed by atoms with E-state index in [-0.39, 0.29) is 18.3 Å². The molecular weight excluding hydrogens is 318 g/mol. The molecule has 0 saturated carbocycles. The Balaban J connectivity index is 1.58. The first kappa shape index (κ1) is 17.0. The van der Waals surface area contributed by atoms with Gasteiger partial charge in [-0.3, -0.25) is 9.59 Å². The second-order valence-corrected chi connectivity index (χ2v) is 5.99. The number of carbonyl (C=O) groups is 2. The minimum Gasteiger partial charge on any atom is -0.484 e. The average Bonchev–Trinajstić information content (AvgIpc) is 3.15. The van der Waals surface area contributed by atoms with Crippen LogP contribution in [0.15, 0.2) is 42.6 Å². The standard InChI is InChI=1S/C19H21N3O3/c1-14(23)15-6-8-16(9-7-15)25-13-18(24)21-17-5-4-10-20-19(17)22-11-2-3-12-22/h4-10H,2-3,11-13H2,1H3,(H,21,24). The maximum absolute atomic E-state index is 12.2. The number of anilines is 2. The van der Waals surface area contributed by atoms with Gasteiger partial charge in [-0.15, -0.1) is 0 Å². The summed E-state index contributed by atoms with van der Waals surface area (Å²) in [4.78, 5) is 30.0. The molecule has 6 heteroatoms. The van der Waals surface area contributed by atoms with E-state index in [9.17, 15) is 9.59 Å². The van der Waals surface area contributed by atoms with Gasteiger partial charge in [0.1, 0.15) is 5.75 Å². The largest absolute Gasteiger partial charge is 0.484 e. The number of ketones is 1. The van der Waals surface area contributed by atoms with Gasteiger partial charge in [0.15, 0.2) is 18.2 Å². The molecule has 0 atom stereocenters. The number of Topliss-reactive ketones (excluding diaryl/α,β-unsaturated/α-hetero) is 1. The Morgan fingerprint density at radius 3 is 2.56 bits per heavy atom. The molecule has 1 fully saturated rings. The highest BCUT2D eigenvalue weighted by Crippen LogP contribution is 2.26. The first-order valence-corrected chi connectivity index (χ1v) is 8.37. The molecule has 2 heterocycles. The number of pyridine rings is 1. The third-order valence-corrected chi connectivity index (χ3v) is 4.10. The molecule has 130 valence electrons. The van der Waals surface area contributed by atoms with Crippen molar-refractivity contribution in [2.45, 2.75) is 19.8 Å². The van der Waals surface area contributed by atoms with Crippen LogP contribution in [0.5, 0.6) is 5.75 Å². The van der Waals surface area contributed by atoms with Gasteiger partial charge < -0.3 is 15.0 Å². The molecule has 6 nitrogen and oxygen atoms in total. The molecule has 1 aliphatic rings. The van der Waals surface area contributed by atoms with E-state index < -0.39 is 0 Å². The second-order valence-electron chi connectivity index (χ2n) is 5.99. The third kappa shape index (κ3) is 4.35. The third-order valence-electron chi connectivity index (χ3n) is 4.10. The first-order valence-electron chi connectivity index (χ1n) is 8.37. The van der Waals surface area contributed by atoms with Crippen LogP contribution in [0.2, 0.25) is 0 Å². The summed E-state index contributed by atoms with van der Waals surface area (Å²) >= 11 is 0. The van der Waals surface area contributed by atoms with Crippen molar-refractivity contribution >= 4 is 23.2 Å². The quantitative estimate of drug-likeness (QED) is 0.820. The van der Waals surface area contributed by atoms with Crippen LogP contribution in [0.25, 0.3) is 0 Å². The number of ether oxygens (including phenoxy) is 1. The minimum absolute atomic E-state index is 0.00434. The van der Waals surface area contributed by atoms with Crippen molar-refractivity contribution in [3.8, 4) is 5.75 Å². The van der Waals surface area contributed by atoms with E-state index in [0.717, 1.165) is 31.7 Å². The van der Waals surface area contributed by atoms with Crippen LogP contribution in [0.3, 0.4) is 0 Å². The number of aromatic nitrogens is 1. The van der Waals surface area contributed by atoms with Crippen molar-refractivity contribution < 1.29 is 14.3 Å². The molecule has 0 unspecified atom stereocenters. The number of amides is 1. The average molecular weight is 339 g/mol. The molecule has 1 amide bonds. The number of nitrogens with zero attached hydrogens (tertiary/aromatic N) is 2. The summed E-state index contributed by atoms with van der Waals surface area (Å²) in [6, 6.07) is 10.4. The van der Waals surface area contributed by atoms with E-state index in [1.54, 1.807) is 36.5 Å². The van der Waals surface area contributed by atoms with E-state index in [1.165, 1.54) is 6.92 Å². The van der Waals surface area contributed by atoms with Crippen LogP contribution in [0.4, 0.5) is 11.5 Å². The zero-order valence-electron chi connectivity index (χ0n) is 14.2. The monoisotopic (exact) mass is 339 g/mol. The van der Waals surface area contributed by atoms with Crippen LogP contribution in [0, 0.1) is 0 Å². The first-order chi connectivity index (χ1) is 12.1. The Kier molecular flexibility index (Phi) is 5.28. The van der Waals surface area contributed by atoms with Crippen LogP contribution < -0.4 is 15.0 Å². The molecule has 0 bridgehead atoms. The number of rotatable bonds is 6. The van der Waals surface area contributed by atoms with Crippen molar-refractivity contribution in [3.63, 3.8) is 0 Å². The summed E-state index contributed by atoms with van der Waals surface area (Å²) in [6.45, 7) is 3.32. The van der Waals surface area contributed by atoms with Gasteiger partial charge in [0.25, 0.3) is 5.91 Å². The summed E-state index contributed by atoms with van der Waals surface area (Å²) < 4.78 is 5.48. The molecule has 1 aromatic carbocycles. The maximum atomic E-state index is 12.2. The summed E-state index contributed by atoms with van der Waals surface area (Å²) in [5, 5.41) is 2.87. The molecule has 1 saturated heterocycles. The van der Waals surface area contributed by atoms with Gasteiger partial charge in [0.2, 0.25) is 0 Å². The van der Waals surface area contributed by atoms with Gasteiger partial charge in [-0.25, -0.2) is 4.98 Å². The fraction of sp³-hybridized carbons (Fsp3) is 0.316. The number of benzene rings is 1. The molecule has 25 heavy (non-hydrogen) atoms. The molecule has 2 aromatic rings. The van der Waals surface area contributed by atoms with Crippen molar-refractivity contribution in [1.29, 1.82) is 0 Å². The van der Waals surface area contributed by atoms with Crippen LogP contribution >= 0.6 is 0 Å². The predicted molar refractivity (Wildman–Crippen MR) is 96.3 cm³/mol. The smallest absolute Gasteiger partial charge is 0.262 e. The molecule has 0 aliphatic carbocycles. The lowest BCUT2D eigenvalue weighted by Gasteiger charge is -2.20. The normalized spacial score (nSPS) is 13.6. The van der Waals surface area contributed by atoms with Gasteiger partial charge in [0.05, 0.1) is 5.69 Å². The molecule has 0 radical (unpaired) electrons. The van der Waals surface area contributed by atoms with Crippen molar-refractivity contribution in [3.05, 3.63) is 48.2 Å². The van der Waals surface area contributed by atoms with Gasteiger partial charge in [-0.2, -0.15) is 0 Å². The zero-order chi connectivity index (χ0) is 17.6. The Labute approximate surface area is 146 Å². The number of hydrogen-bond acceptors (Lipinski definition) is 5. The fourth-order valence-corrected chi connectivity index (χ4v) is 2.80. The lowest BCUT2D eigenvalue weighted by atomic mass is 10.1. The zero-order valence-corrected chi connectivity index (χ0v) is 14.2. The van der Waals surface area contributed by atoms with Crippen LogP contribution in [-0.4, -0.2) is 36.4 Å². The van der Waals surface area contributed by atoms with Gasteiger partial charge >= 0.3 is 0 Å². The molecule has 1 aromatic heterocycles. The molecule has 1 N–H and O–H groups in total. The van der Waals surface area contributed by atoms with E-state index in [4.69, 9.17) is 4.74 Å². The summed E-state index contributed by atoms with van der Waals surface area (Å²) in [5.41, 5.74) is 1.31. The Hall–Kier alpha value is -2.89. The summed E-state index contributed by atoms with van der Waals surface area (Å²) in [7, 11) is 0. The lowest BCUT2D eigenvalue weighted by Crippen LogP contribution is -2.24. The topological polar surface area (TPSA) is 71.5 Å². The highest BCUT2D eigenvalue weighted by atomic mass is 16.5. The van der Waals surface area contributed by atoms with Crippen LogP contribution in [0.1, 0.15) is 30.1 Å². The van der Waals surface area contributed by atoms with E-state index in [1.807, 2.05) is 6.07 Å². The number of hydrogen-bond donors (Lipinski definition) is 1. The predicted octanol–water partition coefficient (Wildman–Crippen LogP) is 2.90. The molecule has 3 rings (SSSR count). The van der Waals surface area contributed by atoms with Gasteiger partial charge in [0, 0.05) is 24.8 Å². The van der Waals surface area contributed by atoms with Gasteiger partial charge in [-0.05, 0) is 56.2 Å². The Morgan fingerprint density at radius 2 is 1.88 bits per heavy atom. The minimum atomic E-state index is -0.246. The fourth-order valence-electron chi connectivity index (χ4n) is 2.80.